The molecule has 1 saturated carbocycles. The maximum absolute atomic E-state index is 12.2. The third-order valence-electron chi connectivity index (χ3n) is 4.19. The van der Waals surface area contributed by atoms with Crippen LogP contribution in [0.1, 0.15) is 32.6 Å². The van der Waals surface area contributed by atoms with Crippen molar-refractivity contribution in [2.75, 3.05) is 17.6 Å². The van der Waals surface area contributed by atoms with Gasteiger partial charge >= 0.3 is 5.69 Å². The van der Waals surface area contributed by atoms with Gasteiger partial charge in [0, 0.05) is 26.1 Å². The molecule has 2 unspecified atom stereocenters. The molecule has 0 aromatic carbocycles. The van der Waals surface area contributed by atoms with Crippen molar-refractivity contribution in [2.24, 2.45) is 13.0 Å². The fraction of sp³-hybridized carbons (Fsp3) is 0.714. The molecule has 21 heavy (non-hydrogen) atoms. The first-order valence-electron chi connectivity index (χ1n) is 7.48. The first-order valence-corrected chi connectivity index (χ1v) is 7.48. The van der Waals surface area contributed by atoms with Crippen molar-refractivity contribution in [1.82, 2.24) is 9.13 Å². The topological polar surface area (TPSA) is 102 Å². The number of hydrogen-bond donors (Lipinski definition) is 3. The summed E-state index contributed by atoms with van der Waals surface area (Å²) in [5, 5.41) is 12.9. The van der Waals surface area contributed by atoms with Crippen LogP contribution >= 0.6 is 0 Å². The molecule has 1 heterocycles. The molecule has 7 heteroatoms. The van der Waals surface area contributed by atoms with Gasteiger partial charge in [0.1, 0.15) is 11.5 Å². The Kier molecular flexibility index (Phi) is 4.72. The lowest BCUT2D eigenvalue weighted by atomic mass is 10.1. The number of nitrogen functional groups attached to an aromatic ring is 1. The lowest BCUT2D eigenvalue weighted by Gasteiger charge is -2.19. The Labute approximate surface area is 123 Å². The Balaban J connectivity index is 2.30. The first-order chi connectivity index (χ1) is 9.97. The molecule has 1 aromatic heterocycles. The maximum Gasteiger partial charge on any atom is 0.332 e. The van der Waals surface area contributed by atoms with Crippen molar-refractivity contribution >= 4 is 11.5 Å². The number of anilines is 2. The Morgan fingerprint density at radius 2 is 2.10 bits per heavy atom. The number of aromatic nitrogens is 2. The molecule has 1 aromatic rings. The van der Waals surface area contributed by atoms with Crippen LogP contribution < -0.4 is 22.3 Å². The quantitative estimate of drug-likeness (QED) is 0.716. The highest BCUT2D eigenvalue weighted by molar-refractivity contribution is 5.60. The van der Waals surface area contributed by atoms with Crippen molar-refractivity contribution in [3.8, 4) is 0 Å². The van der Waals surface area contributed by atoms with Gasteiger partial charge in [-0.05, 0) is 19.3 Å². The number of rotatable bonds is 5. The predicted octanol–water partition coefficient (Wildman–Crippen LogP) is 0.112. The SMILES string of the molecule is CCCn1c(N)c(NCC2CCCC2O)c(=O)n(C)c1=O. The van der Waals surface area contributed by atoms with E-state index in [0.29, 0.717) is 13.1 Å². The van der Waals surface area contributed by atoms with Gasteiger partial charge in [0.25, 0.3) is 5.56 Å². The molecule has 1 aliphatic carbocycles. The van der Waals surface area contributed by atoms with Crippen LogP contribution in [0, 0.1) is 5.92 Å². The van der Waals surface area contributed by atoms with Crippen molar-refractivity contribution in [2.45, 2.75) is 45.3 Å². The summed E-state index contributed by atoms with van der Waals surface area (Å²) >= 11 is 0. The summed E-state index contributed by atoms with van der Waals surface area (Å²) in [6.45, 7) is 2.91. The molecular formula is C14H24N4O3. The minimum absolute atomic E-state index is 0.126. The summed E-state index contributed by atoms with van der Waals surface area (Å²) in [7, 11) is 1.45. The zero-order valence-electron chi connectivity index (χ0n) is 12.6. The Morgan fingerprint density at radius 3 is 2.67 bits per heavy atom. The Hall–Kier alpha value is -1.76. The second-order valence-electron chi connectivity index (χ2n) is 5.70. The van der Waals surface area contributed by atoms with E-state index in [1.807, 2.05) is 6.92 Å². The van der Waals surface area contributed by atoms with E-state index in [1.165, 1.54) is 11.6 Å². The number of aliphatic hydroxyl groups is 1. The van der Waals surface area contributed by atoms with Crippen LogP contribution in [0.4, 0.5) is 11.5 Å². The molecule has 2 rings (SSSR count). The van der Waals surface area contributed by atoms with E-state index >= 15 is 0 Å². The van der Waals surface area contributed by atoms with Crippen molar-refractivity contribution in [3.63, 3.8) is 0 Å². The lowest BCUT2D eigenvalue weighted by Crippen LogP contribution is -2.41. The highest BCUT2D eigenvalue weighted by Gasteiger charge is 2.25. The summed E-state index contributed by atoms with van der Waals surface area (Å²) in [5.41, 5.74) is 5.42. The average molecular weight is 296 g/mol. The van der Waals surface area contributed by atoms with Gasteiger partial charge in [-0.15, -0.1) is 0 Å². The normalized spacial score (nSPS) is 21.7. The zero-order valence-corrected chi connectivity index (χ0v) is 12.6. The summed E-state index contributed by atoms with van der Waals surface area (Å²) in [4.78, 5) is 24.2. The summed E-state index contributed by atoms with van der Waals surface area (Å²) < 4.78 is 2.48. The van der Waals surface area contributed by atoms with Gasteiger partial charge in [-0.2, -0.15) is 0 Å². The van der Waals surface area contributed by atoms with Gasteiger partial charge < -0.3 is 16.2 Å². The first kappa shape index (κ1) is 15.6. The molecule has 0 saturated heterocycles. The van der Waals surface area contributed by atoms with E-state index in [0.717, 1.165) is 30.3 Å². The van der Waals surface area contributed by atoms with Gasteiger partial charge in [-0.25, -0.2) is 4.79 Å². The number of nitrogens with zero attached hydrogens (tertiary/aromatic N) is 2. The monoisotopic (exact) mass is 296 g/mol. The second-order valence-corrected chi connectivity index (χ2v) is 5.70. The van der Waals surface area contributed by atoms with Crippen LogP contribution in [0.2, 0.25) is 0 Å². The lowest BCUT2D eigenvalue weighted by molar-refractivity contribution is 0.138. The molecule has 118 valence electrons. The maximum atomic E-state index is 12.2. The van der Waals surface area contributed by atoms with Crippen molar-refractivity contribution in [3.05, 3.63) is 20.8 Å². The average Bonchev–Trinajstić information content (AvgIpc) is 2.87. The fourth-order valence-electron chi connectivity index (χ4n) is 2.88. The predicted molar refractivity (Wildman–Crippen MR) is 82.5 cm³/mol. The number of hydrogen-bond acceptors (Lipinski definition) is 5. The summed E-state index contributed by atoms with van der Waals surface area (Å²) in [6, 6.07) is 0. The molecule has 0 bridgehead atoms. The van der Waals surface area contributed by atoms with E-state index in [9.17, 15) is 14.7 Å². The Morgan fingerprint density at radius 1 is 1.38 bits per heavy atom. The number of nitrogens with one attached hydrogen (secondary N) is 1. The zero-order chi connectivity index (χ0) is 15.6. The number of nitrogens with two attached hydrogens (primary N) is 1. The smallest absolute Gasteiger partial charge is 0.332 e. The molecule has 4 N–H and O–H groups in total. The molecule has 0 aliphatic heterocycles. The van der Waals surface area contributed by atoms with Gasteiger partial charge in [-0.1, -0.05) is 13.3 Å². The van der Waals surface area contributed by atoms with Crippen LogP contribution in [-0.2, 0) is 13.6 Å². The fourth-order valence-corrected chi connectivity index (χ4v) is 2.88. The summed E-state index contributed by atoms with van der Waals surface area (Å²) in [6.07, 6.45) is 3.15. The van der Waals surface area contributed by atoms with E-state index in [1.54, 1.807) is 0 Å². The van der Waals surface area contributed by atoms with Crippen LogP contribution in [0.25, 0.3) is 0 Å². The Bertz CT molecular complexity index is 620. The molecule has 7 nitrogen and oxygen atoms in total. The third kappa shape index (κ3) is 2.97. The van der Waals surface area contributed by atoms with Crippen molar-refractivity contribution < 1.29 is 5.11 Å². The van der Waals surface area contributed by atoms with Gasteiger partial charge in [0.2, 0.25) is 0 Å². The minimum atomic E-state index is -0.419. The molecule has 0 radical (unpaired) electrons. The number of aliphatic hydroxyl groups excluding tert-OH is 1. The van der Waals surface area contributed by atoms with Crippen LogP contribution in [0.15, 0.2) is 9.59 Å². The van der Waals surface area contributed by atoms with Gasteiger partial charge in [-0.3, -0.25) is 13.9 Å². The minimum Gasteiger partial charge on any atom is -0.393 e. The standard InChI is InChI=1S/C14H24N4O3/c1-3-7-18-12(15)11(13(20)17(2)14(18)21)16-8-9-5-4-6-10(9)19/h9-10,16,19H,3-8,15H2,1-2H3. The highest BCUT2D eigenvalue weighted by atomic mass is 16.3. The second kappa shape index (κ2) is 6.34. The van der Waals surface area contributed by atoms with Crippen LogP contribution in [-0.4, -0.2) is 26.9 Å². The third-order valence-corrected chi connectivity index (χ3v) is 4.19. The van der Waals surface area contributed by atoms with Crippen LogP contribution in [0.5, 0.6) is 0 Å². The molecule has 2 atom stereocenters. The van der Waals surface area contributed by atoms with E-state index in [-0.39, 0.29) is 23.5 Å². The summed E-state index contributed by atoms with van der Waals surface area (Å²) in [5.74, 6) is 0.304. The van der Waals surface area contributed by atoms with Crippen LogP contribution in [0.3, 0.4) is 0 Å². The molecule has 1 fully saturated rings. The van der Waals surface area contributed by atoms with Gasteiger partial charge in [0.15, 0.2) is 0 Å². The highest BCUT2D eigenvalue weighted by Crippen LogP contribution is 2.26. The molecule has 0 spiro atoms. The molecular weight excluding hydrogens is 272 g/mol. The van der Waals surface area contributed by atoms with E-state index in [2.05, 4.69) is 5.32 Å². The molecule has 0 amide bonds. The molecule has 1 aliphatic rings. The van der Waals surface area contributed by atoms with Crippen molar-refractivity contribution in [1.29, 1.82) is 0 Å². The van der Waals surface area contributed by atoms with E-state index in [4.69, 9.17) is 5.73 Å². The van der Waals surface area contributed by atoms with Gasteiger partial charge in [0.05, 0.1) is 6.10 Å². The van der Waals surface area contributed by atoms with E-state index < -0.39 is 11.2 Å². The largest absolute Gasteiger partial charge is 0.393 e.